The predicted molar refractivity (Wildman–Crippen MR) is 111 cm³/mol. The lowest BCUT2D eigenvalue weighted by atomic mass is 10.2. The minimum absolute atomic E-state index is 0.0542. The molecule has 140 valence electrons. The molecule has 0 bridgehead atoms. The summed E-state index contributed by atoms with van der Waals surface area (Å²) >= 11 is 4.55. The molecule has 0 atom stereocenters. The Morgan fingerprint density at radius 2 is 1.93 bits per heavy atom. The third-order valence-electron chi connectivity index (χ3n) is 3.61. The van der Waals surface area contributed by atoms with Crippen LogP contribution in [0.4, 0.5) is 10.8 Å². The normalized spacial score (nSPS) is 11.2. The molecule has 0 unspecified atom stereocenters. The minimum atomic E-state index is -3.69. The van der Waals surface area contributed by atoms with Gasteiger partial charge in [-0.3, -0.25) is 9.52 Å². The number of aryl methyl sites for hydroxylation is 1. The largest absolute Gasteiger partial charge is 0.326 e. The topological polar surface area (TPSA) is 88.2 Å². The van der Waals surface area contributed by atoms with Crippen molar-refractivity contribution in [3.63, 3.8) is 0 Å². The zero-order valence-corrected chi connectivity index (χ0v) is 17.5. The molecule has 2 N–H and O–H groups in total. The number of anilines is 2. The summed E-state index contributed by atoms with van der Waals surface area (Å²) in [6.07, 6.45) is 0.0542. The number of sulfonamides is 1. The van der Waals surface area contributed by atoms with E-state index in [0.29, 0.717) is 11.4 Å². The minimum Gasteiger partial charge on any atom is -0.326 e. The van der Waals surface area contributed by atoms with Gasteiger partial charge in [-0.2, -0.15) is 0 Å². The Hall–Kier alpha value is -2.23. The van der Waals surface area contributed by atoms with Gasteiger partial charge in [-0.25, -0.2) is 13.4 Å². The maximum Gasteiger partial charge on any atom is 0.263 e. The molecular weight excluding hydrogens is 450 g/mol. The van der Waals surface area contributed by atoms with E-state index in [2.05, 4.69) is 31.0 Å². The van der Waals surface area contributed by atoms with E-state index in [0.717, 1.165) is 21.4 Å². The van der Waals surface area contributed by atoms with Gasteiger partial charge < -0.3 is 5.32 Å². The van der Waals surface area contributed by atoms with Crippen LogP contribution in [0.15, 0.2) is 63.3 Å². The number of amides is 1. The lowest BCUT2D eigenvalue weighted by molar-refractivity contribution is -0.115. The summed E-state index contributed by atoms with van der Waals surface area (Å²) < 4.78 is 28.0. The molecule has 0 saturated heterocycles. The Kier molecular flexibility index (Phi) is 5.93. The van der Waals surface area contributed by atoms with E-state index < -0.39 is 10.0 Å². The Labute approximate surface area is 169 Å². The highest BCUT2D eigenvalue weighted by molar-refractivity contribution is 9.10. The number of halogens is 1. The van der Waals surface area contributed by atoms with Crippen LogP contribution in [0.25, 0.3) is 0 Å². The number of thiazole rings is 1. The SMILES string of the molecule is Cc1cc(NC(=O)Cc2csc(NS(=O)(=O)c3ccccc3)n2)ccc1Br. The van der Waals surface area contributed by atoms with Gasteiger partial charge in [-0.1, -0.05) is 34.1 Å². The summed E-state index contributed by atoms with van der Waals surface area (Å²) in [5.41, 5.74) is 2.21. The van der Waals surface area contributed by atoms with Crippen LogP contribution in [-0.4, -0.2) is 19.3 Å². The Bertz CT molecular complexity index is 1070. The van der Waals surface area contributed by atoms with Crippen molar-refractivity contribution in [1.29, 1.82) is 0 Å². The highest BCUT2D eigenvalue weighted by atomic mass is 79.9. The molecule has 0 aliphatic rings. The standard InChI is InChI=1S/C18H16BrN3O3S2/c1-12-9-13(7-8-16(12)19)20-17(23)10-14-11-26-18(21-14)22-27(24,25)15-5-3-2-4-6-15/h2-9,11H,10H2,1H3,(H,20,23)(H,21,22). The maximum atomic E-state index is 12.3. The molecule has 0 fully saturated rings. The molecule has 3 rings (SSSR count). The molecule has 3 aromatic rings. The fraction of sp³-hybridized carbons (Fsp3) is 0.111. The highest BCUT2D eigenvalue weighted by Gasteiger charge is 2.16. The Balaban J connectivity index is 1.63. The number of hydrogen-bond donors (Lipinski definition) is 2. The van der Waals surface area contributed by atoms with Gasteiger partial charge in [0.05, 0.1) is 17.0 Å². The van der Waals surface area contributed by atoms with Crippen molar-refractivity contribution < 1.29 is 13.2 Å². The molecule has 1 heterocycles. The molecule has 27 heavy (non-hydrogen) atoms. The van der Waals surface area contributed by atoms with Gasteiger partial charge in [-0.15, -0.1) is 11.3 Å². The van der Waals surface area contributed by atoms with Gasteiger partial charge >= 0.3 is 0 Å². The molecule has 0 aliphatic carbocycles. The van der Waals surface area contributed by atoms with Crippen LogP contribution in [0.5, 0.6) is 0 Å². The van der Waals surface area contributed by atoms with E-state index in [-0.39, 0.29) is 22.4 Å². The van der Waals surface area contributed by atoms with E-state index in [4.69, 9.17) is 0 Å². The van der Waals surface area contributed by atoms with Crippen molar-refractivity contribution in [3.05, 3.63) is 69.6 Å². The second kappa shape index (κ2) is 8.20. The van der Waals surface area contributed by atoms with Crippen LogP contribution >= 0.6 is 27.3 Å². The van der Waals surface area contributed by atoms with Crippen LogP contribution in [-0.2, 0) is 21.2 Å². The second-order valence-electron chi connectivity index (χ2n) is 5.75. The molecule has 0 radical (unpaired) electrons. The van der Waals surface area contributed by atoms with E-state index in [1.54, 1.807) is 29.6 Å². The first-order valence-corrected chi connectivity index (χ1v) is 11.1. The molecule has 6 nitrogen and oxygen atoms in total. The number of carbonyl (C=O) groups is 1. The van der Waals surface area contributed by atoms with E-state index in [1.807, 2.05) is 19.1 Å². The number of rotatable bonds is 6. The van der Waals surface area contributed by atoms with Gasteiger partial charge in [0, 0.05) is 15.5 Å². The van der Waals surface area contributed by atoms with Crippen molar-refractivity contribution in [2.45, 2.75) is 18.2 Å². The molecule has 0 spiro atoms. The monoisotopic (exact) mass is 465 g/mol. The first-order valence-electron chi connectivity index (χ1n) is 7.92. The summed E-state index contributed by atoms with van der Waals surface area (Å²) in [6, 6.07) is 13.6. The average molecular weight is 466 g/mol. The lowest BCUT2D eigenvalue weighted by Crippen LogP contribution is -2.15. The third-order valence-corrected chi connectivity index (χ3v) is 6.79. The van der Waals surface area contributed by atoms with Crippen molar-refractivity contribution in [2.75, 3.05) is 10.0 Å². The molecule has 0 aliphatic heterocycles. The molecule has 1 amide bonds. The van der Waals surface area contributed by atoms with Crippen molar-refractivity contribution in [1.82, 2.24) is 4.98 Å². The number of benzene rings is 2. The summed E-state index contributed by atoms with van der Waals surface area (Å²) in [5, 5.41) is 4.69. The van der Waals surface area contributed by atoms with Crippen molar-refractivity contribution in [2.24, 2.45) is 0 Å². The van der Waals surface area contributed by atoms with Crippen molar-refractivity contribution in [3.8, 4) is 0 Å². The van der Waals surface area contributed by atoms with Crippen LogP contribution in [0, 0.1) is 6.92 Å². The van der Waals surface area contributed by atoms with Crippen LogP contribution in [0.3, 0.4) is 0 Å². The maximum absolute atomic E-state index is 12.3. The summed E-state index contributed by atoms with van der Waals surface area (Å²) in [7, 11) is -3.69. The summed E-state index contributed by atoms with van der Waals surface area (Å²) in [4.78, 5) is 16.5. The smallest absolute Gasteiger partial charge is 0.263 e. The Morgan fingerprint density at radius 1 is 1.19 bits per heavy atom. The van der Waals surface area contributed by atoms with Gasteiger partial charge in [0.2, 0.25) is 5.91 Å². The highest BCUT2D eigenvalue weighted by Crippen LogP contribution is 2.22. The first kappa shape index (κ1) is 19.5. The zero-order chi connectivity index (χ0) is 19.4. The van der Waals surface area contributed by atoms with Gasteiger partial charge in [0.25, 0.3) is 10.0 Å². The zero-order valence-electron chi connectivity index (χ0n) is 14.3. The number of aromatic nitrogens is 1. The number of nitrogens with one attached hydrogen (secondary N) is 2. The molecule has 9 heteroatoms. The predicted octanol–water partition coefficient (Wildman–Crippen LogP) is 4.20. The van der Waals surface area contributed by atoms with Crippen LogP contribution in [0.2, 0.25) is 0 Å². The van der Waals surface area contributed by atoms with Crippen LogP contribution < -0.4 is 10.0 Å². The number of carbonyl (C=O) groups excluding carboxylic acids is 1. The lowest BCUT2D eigenvalue weighted by Gasteiger charge is -2.06. The molecule has 1 aromatic heterocycles. The third kappa shape index (κ3) is 5.15. The quantitative estimate of drug-likeness (QED) is 0.570. The van der Waals surface area contributed by atoms with Gasteiger partial charge in [-0.05, 0) is 42.8 Å². The van der Waals surface area contributed by atoms with Crippen LogP contribution in [0.1, 0.15) is 11.3 Å². The fourth-order valence-corrected chi connectivity index (χ4v) is 4.53. The molecule has 0 saturated carbocycles. The molecule has 2 aromatic carbocycles. The number of nitrogens with zero attached hydrogens (tertiary/aromatic N) is 1. The second-order valence-corrected chi connectivity index (χ2v) is 9.15. The molecular formula is C18H16BrN3O3S2. The van der Waals surface area contributed by atoms with E-state index >= 15 is 0 Å². The van der Waals surface area contributed by atoms with E-state index in [9.17, 15) is 13.2 Å². The number of hydrogen-bond acceptors (Lipinski definition) is 5. The van der Waals surface area contributed by atoms with Gasteiger partial charge in [0.15, 0.2) is 5.13 Å². The van der Waals surface area contributed by atoms with Crippen molar-refractivity contribution >= 4 is 54.0 Å². The first-order chi connectivity index (χ1) is 12.8. The fourth-order valence-electron chi connectivity index (χ4n) is 2.30. The summed E-state index contributed by atoms with van der Waals surface area (Å²) in [6.45, 7) is 1.94. The van der Waals surface area contributed by atoms with E-state index in [1.165, 1.54) is 12.1 Å². The Morgan fingerprint density at radius 3 is 2.63 bits per heavy atom. The van der Waals surface area contributed by atoms with Gasteiger partial charge in [0.1, 0.15) is 0 Å². The summed E-state index contributed by atoms with van der Waals surface area (Å²) in [5.74, 6) is -0.223. The average Bonchev–Trinajstić information content (AvgIpc) is 3.05.